The van der Waals surface area contributed by atoms with Gasteiger partial charge >= 0.3 is 5.97 Å². The Balaban J connectivity index is 0.00000342. The van der Waals surface area contributed by atoms with E-state index in [2.05, 4.69) is 25.6 Å². The van der Waals surface area contributed by atoms with E-state index in [0.717, 1.165) is 16.1 Å². The number of sulfone groups is 1. The van der Waals surface area contributed by atoms with Crippen LogP contribution in [0.2, 0.25) is 0 Å². The maximum absolute atomic E-state index is 13.5. The van der Waals surface area contributed by atoms with E-state index in [1.165, 1.54) is 12.3 Å². The lowest BCUT2D eigenvalue weighted by atomic mass is 10.1. The Labute approximate surface area is 212 Å². The number of carboxylic acids is 1. The van der Waals surface area contributed by atoms with E-state index >= 15 is 0 Å². The summed E-state index contributed by atoms with van der Waals surface area (Å²) in [5.41, 5.74) is 2.08. The van der Waals surface area contributed by atoms with Crippen LogP contribution >= 0.6 is 23.7 Å². The van der Waals surface area contributed by atoms with Crippen molar-refractivity contribution in [3.05, 3.63) is 89.7 Å². The van der Waals surface area contributed by atoms with Gasteiger partial charge < -0.3 is 10.4 Å². The summed E-state index contributed by atoms with van der Waals surface area (Å²) in [4.78, 5) is 23.5. The first-order valence-corrected chi connectivity index (χ1v) is 12.7. The van der Waals surface area contributed by atoms with Crippen molar-refractivity contribution in [2.45, 2.75) is 16.9 Å². The molecule has 1 unspecified atom stereocenters. The molecule has 1 aromatic carbocycles. The number of nitrogens with zero attached hydrogens (tertiary/aromatic N) is 3. The van der Waals surface area contributed by atoms with Crippen LogP contribution < -0.4 is 10.6 Å². The zero-order chi connectivity index (χ0) is 24.0. The van der Waals surface area contributed by atoms with Gasteiger partial charge in [-0.1, -0.05) is 36.4 Å². The molecule has 0 amide bonds. The first-order chi connectivity index (χ1) is 16.4. The molecule has 4 aromatic rings. The minimum Gasteiger partial charge on any atom is -0.480 e. The minimum absolute atomic E-state index is 0. The number of carbonyl (C=O) groups is 1. The van der Waals surface area contributed by atoms with Crippen molar-refractivity contribution in [3.63, 3.8) is 0 Å². The molecule has 182 valence electrons. The Morgan fingerprint density at radius 2 is 1.80 bits per heavy atom. The molecule has 0 bridgehead atoms. The highest BCUT2D eigenvalue weighted by molar-refractivity contribution is 7.91. The number of aromatic nitrogens is 3. The van der Waals surface area contributed by atoms with Gasteiger partial charge in [-0.3, -0.25) is 10.1 Å². The highest BCUT2D eigenvalue weighted by Crippen LogP contribution is 2.26. The van der Waals surface area contributed by atoms with E-state index in [1.807, 2.05) is 29.6 Å². The van der Waals surface area contributed by atoms with E-state index in [-0.39, 0.29) is 42.0 Å². The molecular weight excluding hydrogens is 510 g/mol. The second-order valence-corrected chi connectivity index (χ2v) is 10.1. The lowest BCUT2D eigenvalue weighted by Gasteiger charge is -2.19. The molecule has 0 aliphatic heterocycles. The number of hydrogen-bond acceptors (Lipinski definition) is 9. The quantitative estimate of drug-likeness (QED) is 0.279. The monoisotopic (exact) mass is 531 g/mol. The molecule has 3 aromatic heterocycles. The standard InChI is InChI=1S/C23H21N5O4S2.ClH/c29-21(30)15-26-19-5-3-4-18(28-19)23(34(31,32)20-6-1-2-11-24-20)27-14-16-7-9-17(10-8-16)22-25-12-13-33-22;/h1-13,23,27H,14-15H2,(H,26,28)(H,29,30);1H. The number of halogens is 1. The van der Waals surface area contributed by atoms with Gasteiger partial charge in [-0.05, 0) is 29.8 Å². The topological polar surface area (TPSA) is 134 Å². The Morgan fingerprint density at radius 3 is 2.46 bits per heavy atom. The van der Waals surface area contributed by atoms with Crippen LogP contribution in [-0.2, 0) is 21.2 Å². The van der Waals surface area contributed by atoms with Crippen LogP contribution in [0.4, 0.5) is 5.82 Å². The number of thiazole rings is 1. The van der Waals surface area contributed by atoms with Gasteiger partial charge in [0.15, 0.2) is 10.4 Å². The number of benzene rings is 1. The fraction of sp³-hybridized carbons (Fsp3) is 0.130. The van der Waals surface area contributed by atoms with Crippen LogP contribution in [0.1, 0.15) is 16.6 Å². The summed E-state index contributed by atoms with van der Waals surface area (Å²) in [5.74, 6) is -0.792. The lowest BCUT2D eigenvalue weighted by Crippen LogP contribution is -2.30. The van der Waals surface area contributed by atoms with Gasteiger partial charge in [0, 0.05) is 29.9 Å². The van der Waals surface area contributed by atoms with Crippen LogP contribution in [0.5, 0.6) is 0 Å². The number of pyridine rings is 2. The molecule has 0 aliphatic rings. The van der Waals surface area contributed by atoms with Crippen molar-refractivity contribution >= 4 is 45.4 Å². The first-order valence-electron chi connectivity index (χ1n) is 10.2. The number of anilines is 1. The smallest absolute Gasteiger partial charge is 0.322 e. The van der Waals surface area contributed by atoms with Gasteiger partial charge in [0.05, 0.1) is 5.69 Å². The number of carboxylic acid groups (broad SMARTS) is 1. The Bertz CT molecular complexity index is 1350. The van der Waals surface area contributed by atoms with E-state index in [9.17, 15) is 13.2 Å². The SMILES string of the molecule is Cl.O=C(O)CNc1cccc(C(NCc2ccc(-c3nccs3)cc2)S(=O)(=O)c2ccccn2)n1. The van der Waals surface area contributed by atoms with Crippen molar-refractivity contribution in [1.82, 2.24) is 20.3 Å². The maximum Gasteiger partial charge on any atom is 0.322 e. The van der Waals surface area contributed by atoms with Crippen LogP contribution in [0.15, 0.2) is 83.5 Å². The largest absolute Gasteiger partial charge is 0.480 e. The molecule has 0 saturated carbocycles. The summed E-state index contributed by atoms with van der Waals surface area (Å²) in [5, 5.41) is 16.2. The number of hydrogen-bond donors (Lipinski definition) is 3. The minimum atomic E-state index is -3.95. The van der Waals surface area contributed by atoms with Crippen molar-refractivity contribution in [2.75, 3.05) is 11.9 Å². The fourth-order valence-corrected chi connectivity index (χ4v) is 5.33. The van der Waals surface area contributed by atoms with Gasteiger partial charge in [-0.2, -0.15) is 0 Å². The van der Waals surface area contributed by atoms with Crippen molar-refractivity contribution in [3.8, 4) is 10.6 Å². The van der Waals surface area contributed by atoms with Crippen LogP contribution in [0.3, 0.4) is 0 Å². The normalized spacial score (nSPS) is 11.9. The van der Waals surface area contributed by atoms with Gasteiger partial charge in [0.2, 0.25) is 9.84 Å². The number of aliphatic carboxylic acids is 1. The van der Waals surface area contributed by atoms with E-state index < -0.39 is 21.2 Å². The molecule has 0 saturated heterocycles. The molecule has 0 spiro atoms. The Hall–Kier alpha value is -3.38. The van der Waals surface area contributed by atoms with Crippen molar-refractivity contribution in [1.29, 1.82) is 0 Å². The summed E-state index contributed by atoms with van der Waals surface area (Å²) in [6.45, 7) is -0.0870. The van der Waals surface area contributed by atoms with Gasteiger partial charge in [-0.15, -0.1) is 23.7 Å². The molecule has 3 N–H and O–H groups in total. The highest BCUT2D eigenvalue weighted by Gasteiger charge is 2.31. The third-order valence-corrected chi connectivity index (χ3v) is 7.50. The molecule has 4 rings (SSSR count). The van der Waals surface area contributed by atoms with E-state index in [1.54, 1.807) is 47.9 Å². The Kier molecular flexibility index (Phi) is 8.88. The molecule has 12 heteroatoms. The number of rotatable bonds is 10. The van der Waals surface area contributed by atoms with Crippen molar-refractivity contribution < 1.29 is 18.3 Å². The Morgan fingerprint density at radius 1 is 1.00 bits per heavy atom. The molecule has 0 fully saturated rings. The molecular formula is C23H22ClN5O4S2. The third-order valence-electron chi connectivity index (χ3n) is 4.82. The highest BCUT2D eigenvalue weighted by atomic mass is 35.5. The zero-order valence-electron chi connectivity index (χ0n) is 18.2. The van der Waals surface area contributed by atoms with Gasteiger partial charge in [0.25, 0.3) is 0 Å². The lowest BCUT2D eigenvalue weighted by molar-refractivity contribution is -0.134. The third kappa shape index (κ3) is 6.61. The predicted molar refractivity (Wildman–Crippen MR) is 136 cm³/mol. The average molecular weight is 532 g/mol. The van der Waals surface area contributed by atoms with Crippen molar-refractivity contribution in [2.24, 2.45) is 0 Å². The average Bonchev–Trinajstić information content (AvgIpc) is 3.39. The summed E-state index contributed by atoms with van der Waals surface area (Å²) in [6, 6.07) is 17.1. The van der Waals surface area contributed by atoms with Crippen LogP contribution in [-0.4, -0.2) is 41.0 Å². The van der Waals surface area contributed by atoms with Crippen LogP contribution in [0, 0.1) is 0 Å². The van der Waals surface area contributed by atoms with E-state index in [4.69, 9.17) is 5.11 Å². The molecule has 1 atom stereocenters. The predicted octanol–water partition coefficient (Wildman–Crippen LogP) is 3.78. The number of nitrogens with one attached hydrogen (secondary N) is 2. The van der Waals surface area contributed by atoms with Gasteiger partial charge in [-0.25, -0.2) is 23.4 Å². The molecule has 3 heterocycles. The second kappa shape index (κ2) is 11.8. The maximum atomic E-state index is 13.5. The molecule has 0 radical (unpaired) electrons. The van der Waals surface area contributed by atoms with Gasteiger partial charge in [0.1, 0.15) is 17.4 Å². The zero-order valence-corrected chi connectivity index (χ0v) is 20.7. The summed E-state index contributed by atoms with van der Waals surface area (Å²) >= 11 is 1.54. The second-order valence-electron chi connectivity index (χ2n) is 7.20. The molecule has 35 heavy (non-hydrogen) atoms. The molecule has 0 aliphatic carbocycles. The summed E-state index contributed by atoms with van der Waals surface area (Å²) < 4.78 is 26.9. The summed E-state index contributed by atoms with van der Waals surface area (Å²) in [6.07, 6.45) is 3.16. The summed E-state index contributed by atoms with van der Waals surface area (Å²) in [7, 11) is -3.95. The first kappa shape index (κ1) is 26.2. The molecule has 9 nitrogen and oxygen atoms in total. The van der Waals surface area contributed by atoms with Crippen LogP contribution in [0.25, 0.3) is 10.6 Å². The fourth-order valence-electron chi connectivity index (χ4n) is 3.21. The van der Waals surface area contributed by atoms with E-state index in [0.29, 0.717) is 0 Å².